The van der Waals surface area contributed by atoms with Gasteiger partial charge in [0.15, 0.2) is 0 Å². The van der Waals surface area contributed by atoms with Crippen molar-refractivity contribution in [2.24, 2.45) is 0 Å². The van der Waals surface area contributed by atoms with E-state index in [4.69, 9.17) is 0 Å². The number of carbonyl (C=O) groups excluding carboxylic acids is 2. The van der Waals surface area contributed by atoms with Crippen LogP contribution in [0.1, 0.15) is 19.8 Å². The Morgan fingerprint density at radius 3 is 2.48 bits per heavy atom. The summed E-state index contributed by atoms with van der Waals surface area (Å²) in [4.78, 5) is 27.4. The minimum Gasteiger partial charge on any atom is -0.352 e. The zero-order valence-electron chi connectivity index (χ0n) is 12.5. The third kappa shape index (κ3) is 6.82. The first-order chi connectivity index (χ1) is 9.15. The van der Waals surface area contributed by atoms with Crippen LogP contribution in [0.25, 0.3) is 0 Å². The van der Waals surface area contributed by atoms with Gasteiger partial charge in [0.2, 0.25) is 11.8 Å². The topological polar surface area (TPSA) is 64.7 Å². The number of halogens is 2. The molecule has 2 fully saturated rings. The predicted octanol–water partition coefficient (Wildman–Crippen LogP) is -0.138. The number of hydrogen-bond donors (Lipinski definition) is 2. The molecule has 0 bridgehead atoms. The number of likely N-dealkylation sites (tertiary alicyclic amines) is 1. The summed E-state index contributed by atoms with van der Waals surface area (Å²) in [6, 6.07) is 0.123. The van der Waals surface area contributed by atoms with Crippen molar-refractivity contribution in [1.29, 1.82) is 0 Å². The van der Waals surface area contributed by atoms with Gasteiger partial charge in [-0.25, -0.2) is 0 Å². The Balaban J connectivity index is 0.00000200. The Kier molecular flexibility index (Phi) is 9.94. The van der Waals surface area contributed by atoms with Gasteiger partial charge in [-0.3, -0.25) is 14.5 Å². The lowest BCUT2D eigenvalue weighted by molar-refractivity contribution is -0.134. The average molecular weight is 341 g/mol. The van der Waals surface area contributed by atoms with Crippen LogP contribution in [0.15, 0.2) is 0 Å². The van der Waals surface area contributed by atoms with Crippen molar-refractivity contribution in [3.63, 3.8) is 0 Å². The molecule has 0 spiro atoms. The van der Waals surface area contributed by atoms with E-state index in [1.807, 2.05) is 4.90 Å². The molecule has 0 radical (unpaired) electrons. The summed E-state index contributed by atoms with van der Waals surface area (Å²) in [7, 11) is 0. The van der Waals surface area contributed by atoms with Crippen molar-refractivity contribution in [2.75, 3.05) is 45.8 Å². The van der Waals surface area contributed by atoms with Gasteiger partial charge >= 0.3 is 0 Å². The van der Waals surface area contributed by atoms with E-state index in [1.165, 1.54) is 6.92 Å². The molecule has 2 amide bonds. The SMILES string of the molecule is CC(=O)NC1CCCN(C(=O)CN2CCNCC2)C1.Cl.Cl. The summed E-state index contributed by atoms with van der Waals surface area (Å²) in [5.41, 5.74) is 0. The lowest BCUT2D eigenvalue weighted by Gasteiger charge is -2.35. The second kappa shape index (κ2) is 10.2. The van der Waals surface area contributed by atoms with Crippen molar-refractivity contribution in [2.45, 2.75) is 25.8 Å². The molecule has 6 nitrogen and oxygen atoms in total. The van der Waals surface area contributed by atoms with Crippen molar-refractivity contribution >= 4 is 36.6 Å². The van der Waals surface area contributed by atoms with Gasteiger partial charge in [-0.05, 0) is 12.8 Å². The molecular weight excluding hydrogens is 315 g/mol. The fourth-order valence-electron chi connectivity index (χ4n) is 2.77. The maximum Gasteiger partial charge on any atom is 0.236 e. The molecule has 2 N–H and O–H groups in total. The van der Waals surface area contributed by atoms with Gasteiger partial charge in [0.1, 0.15) is 0 Å². The standard InChI is InChI=1S/C13H24N4O2.2ClH/c1-11(18)15-12-3-2-6-17(9-12)13(19)10-16-7-4-14-5-8-16;;/h12,14H,2-10H2,1H3,(H,15,18);2*1H. The molecule has 1 atom stereocenters. The van der Waals surface area contributed by atoms with Gasteiger partial charge in [-0.2, -0.15) is 0 Å². The van der Waals surface area contributed by atoms with Gasteiger partial charge in [-0.1, -0.05) is 0 Å². The second-order valence-electron chi connectivity index (χ2n) is 5.41. The van der Waals surface area contributed by atoms with Gasteiger partial charge < -0.3 is 15.5 Å². The summed E-state index contributed by atoms with van der Waals surface area (Å²) >= 11 is 0. The highest BCUT2D eigenvalue weighted by atomic mass is 35.5. The highest BCUT2D eigenvalue weighted by Gasteiger charge is 2.25. The number of nitrogens with one attached hydrogen (secondary N) is 2. The van der Waals surface area contributed by atoms with E-state index in [-0.39, 0.29) is 42.7 Å². The number of nitrogens with zero attached hydrogens (tertiary/aromatic N) is 2. The van der Waals surface area contributed by atoms with Gasteiger partial charge in [0, 0.05) is 52.2 Å². The largest absolute Gasteiger partial charge is 0.352 e. The number of rotatable bonds is 3. The van der Waals surface area contributed by atoms with Crippen LogP contribution < -0.4 is 10.6 Å². The molecule has 0 saturated carbocycles. The van der Waals surface area contributed by atoms with Crippen molar-refractivity contribution in [3.05, 3.63) is 0 Å². The van der Waals surface area contributed by atoms with Gasteiger partial charge in [-0.15, -0.1) is 24.8 Å². The van der Waals surface area contributed by atoms with Crippen molar-refractivity contribution in [1.82, 2.24) is 20.4 Å². The van der Waals surface area contributed by atoms with Crippen LogP contribution in [0.2, 0.25) is 0 Å². The molecule has 124 valence electrons. The first-order valence-electron chi connectivity index (χ1n) is 7.13. The van der Waals surface area contributed by atoms with Crippen LogP contribution in [0.3, 0.4) is 0 Å². The second-order valence-corrected chi connectivity index (χ2v) is 5.41. The maximum absolute atomic E-state index is 12.2. The Labute approximate surface area is 138 Å². The van der Waals surface area contributed by atoms with Crippen LogP contribution >= 0.6 is 24.8 Å². The van der Waals surface area contributed by atoms with Gasteiger partial charge in [0.05, 0.1) is 6.54 Å². The Morgan fingerprint density at radius 1 is 1.19 bits per heavy atom. The van der Waals surface area contributed by atoms with E-state index in [1.54, 1.807) is 0 Å². The number of piperazine rings is 1. The normalized spacial score (nSPS) is 22.7. The Bertz CT molecular complexity index is 338. The fourth-order valence-corrected chi connectivity index (χ4v) is 2.77. The zero-order valence-corrected chi connectivity index (χ0v) is 14.1. The lowest BCUT2D eigenvalue weighted by atomic mass is 10.1. The minimum atomic E-state index is -0.0126. The number of piperidine rings is 1. The van der Waals surface area contributed by atoms with E-state index in [0.29, 0.717) is 13.1 Å². The molecule has 8 heteroatoms. The van der Waals surface area contributed by atoms with Crippen LogP contribution in [0, 0.1) is 0 Å². The van der Waals surface area contributed by atoms with Crippen molar-refractivity contribution in [3.8, 4) is 0 Å². The molecule has 2 rings (SSSR count). The van der Waals surface area contributed by atoms with Gasteiger partial charge in [0.25, 0.3) is 0 Å². The predicted molar refractivity (Wildman–Crippen MR) is 87.2 cm³/mol. The summed E-state index contributed by atoms with van der Waals surface area (Å²) in [5, 5.41) is 6.20. The van der Waals surface area contributed by atoms with Crippen LogP contribution in [-0.4, -0.2) is 73.5 Å². The number of amides is 2. The quantitative estimate of drug-likeness (QED) is 0.750. The highest BCUT2D eigenvalue weighted by Crippen LogP contribution is 2.11. The van der Waals surface area contributed by atoms with E-state index in [9.17, 15) is 9.59 Å². The van der Waals surface area contributed by atoms with Crippen LogP contribution in [0.5, 0.6) is 0 Å². The molecule has 21 heavy (non-hydrogen) atoms. The molecule has 0 aliphatic carbocycles. The molecule has 2 aliphatic rings. The molecule has 1 unspecified atom stereocenters. The number of carbonyl (C=O) groups is 2. The highest BCUT2D eigenvalue weighted by molar-refractivity contribution is 5.85. The molecule has 2 saturated heterocycles. The molecular formula is C13H26Cl2N4O2. The summed E-state index contributed by atoms with van der Waals surface area (Å²) < 4.78 is 0. The fraction of sp³-hybridized carbons (Fsp3) is 0.846. The first kappa shape index (κ1) is 20.4. The van der Waals surface area contributed by atoms with Crippen LogP contribution in [-0.2, 0) is 9.59 Å². The summed E-state index contributed by atoms with van der Waals surface area (Å²) in [6.07, 6.45) is 1.94. The summed E-state index contributed by atoms with van der Waals surface area (Å²) in [6.45, 7) is 7.31. The van der Waals surface area contributed by atoms with Crippen molar-refractivity contribution < 1.29 is 9.59 Å². The first-order valence-corrected chi connectivity index (χ1v) is 7.13. The monoisotopic (exact) mass is 340 g/mol. The zero-order chi connectivity index (χ0) is 13.7. The van der Waals surface area contributed by atoms with E-state index in [2.05, 4.69) is 15.5 Å². The third-order valence-electron chi connectivity index (χ3n) is 3.75. The van der Waals surface area contributed by atoms with E-state index < -0.39 is 0 Å². The third-order valence-corrected chi connectivity index (χ3v) is 3.75. The van der Waals surface area contributed by atoms with Crippen LogP contribution in [0.4, 0.5) is 0 Å². The molecule has 0 aromatic carbocycles. The smallest absolute Gasteiger partial charge is 0.236 e. The average Bonchev–Trinajstić information content (AvgIpc) is 2.39. The Morgan fingerprint density at radius 2 is 1.86 bits per heavy atom. The minimum absolute atomic E-state index is 0. The van der Waals surface area contributed by atoms with E-state index in [0.717, 1.165) is 45.6 Å². The summed E-state index contributed by atoms with van der Waals surface area (Å²) in [5.74, 6) is 0.179. The molecule has 0 aromatic rings. The molecule has 0 aromatic heterocycles. The van der Waals surface area contributed by atoms with E-state index >= 15 is 0 Å². The molecule has 2 aliphatic heterocycles. The lowest BCUT2D eigenvalue weighted by Crippen LogP contribution is -2.53. The number of hydrogen-bond acceptors (Lipinski definition) is 4. The maximum atomic E-state index is 12.2. The Hall–Kier alpha value is -0.560. The molecule has 2 heterocycles.